The molecule has 2 N–H and O–H groups in total. The maximum Gasteiger partial charge on any atom is 0.338 e. The molecule has 0 saturated heterocycles. The average molecular weight is 242 g/mol. The number of aromatic nitrogens is 1. The van der Waals surface area contributed by atoms with E-state index in [0.717, 1.165) is 11.1 Å². The second-order valence-corrected chi connectivity index (χ2v) is 3.77. The Morgan fingerprint density at radius 1 is 1.17 bits per heavy atom. The number of rotatable bonds is 3. The third-order valence-corrected chi connectivity index (χ3v) is 2.52. The molecule has 1 aromatic carbocycles. The van der Waals surface area contributed by atoms with Crippen molar-refractivity contribution in [2.24, 2.45) is 0 Å². The van der Waals surface area contributed by atoms with Gasteiger partial charge in [0, 0.05) is 11.8 Å². The van der Waals surface area contributed by atoms with Crippen LogP contribution in [-0.2, 0) is 4.74 Å². The summed E-state index contributed by atoms with van der Waals surface area (Å²) in [6.45, 7) is 2.16. The van der Waals surface area contributed by atoms with Crippen LogP contribution in [0, 0.1) is 0 Å². The zero-order valence-corrected chi connectivity index (χ0v) is 10.1. The van der Waals surface area contributed by atoms with Crippen LogP contribution in [-0.4, -0.2) is 17.6 Å². The minimum absolute atomic E-state index is 0.306. The lowest BCUT2D eigenvalue weighted by Crippen LogP contribution is -2.04. The van der Waals surface area contributed by atoms with Crippen LogP contribution in [0.3, 0.4) is 0 Å². The zero-order chi connectivity index (χ0) is 13.0. The van der Waals surface area contributed by atoms with Crippen molar-refractivity contribution < 1.29 is 9.53 Å². The van der Waals surface area contributed by atoms with Crippen molar-refractivity contribution in [2.75, 3.05) is 12.3 Å². The van der Waals surface area contributed by atoms with Gasteiger partial charge in [0.25, 0.3) is 0 Å². The van der Waals surface area contributed by atoms with Gasteiger partial charge in [-0.1, -0.05) is 12.1 Å². The van der Waals surface area contributed by atoms with Crippen molar-refractivity contribution in [3.8, 4) is 11.1 Å². The molecule has 0 radical (unpaired) electrons. The number of carbonyl (C=O) groups is 1. The van der Waals surface area contributed by atoms with Gasteiger partial charge in [-0.25, -0.2) is 9.78 Å². The van der Waals surface area contributed by atoms with Gasteiger partial charge in [0.1, 0.15) is 5.82 Å². The van der Waals surface area contributed by atoms with Gasteiger partial charge in [-0.05, 0) is 36.8 Å². The second kappa shape index (κ2) is 5.31. The molecule has 0 fully saturated rings. The van der Waals surface area contributed by atoms with Crippen LogP contribution in [0.5, 0.6) is 0 Å². The number of pyridine rings is 1. The molecule has 0 amide bonds. The molecule has 0 aliphatic heterocycles. The SMILES string of the molecule is CCOC(=O)c1ccc(-c2ccc(N)nc2)cc1. The first-order valence-corrected chi connectivity index (χ1v) is 5.70. The molecule has 0 aliphatic carbocycles. The zero-order valence-electron chi connectivity index (χ0n) is 10.1. The highest BCUT2D eigenvalue weighted by Gasteiger charge is 2.06. The summed E-state index contributed by atoms with van der Waals surface area (Å²) in [5.41, 5.74) is 8.01. The van der Waals surface area contributed by atoms with Crippen molar-refractivity contribution in [3.05, 3.63) is 48.2 Å². The Labute approximate surface area is 105 Å². The van der Waals surface area contributed by atoms with Gasteiger partial charge in [0.2, 0.25) is 0 Å². The van der Waals surface area contributed by atoms with Crippen LogP contribution >= 0.6 is 0 Å². The van der Waals surface area contributed by atoms with Gasteiger partial charge in [-0.15, -0.1) is 0 Å². The Balaban J connectivity index is 2.22. The van der Waals surface area contributed by atoms with E-state index in [0.29, 0.717) is 18.0 Å². The van der Waals surface area contributed by atoms with E-state index in [1.165, 1.54) is 0 Å². The smallest absolute Gasteiger partial charge is 0.338 e. The van der Waals surface area contributed by atoms with Gasteiger partial charge >= 0.3 is 5.97 Å². The summed E-state index contributed by atoms with van der Waals surface area (Å²) in [7, 11) is 0. The number of esters is 1. The quantitative estimate of drug-likeness (QED) is 0.840. The highest BCUT2D eigenvalue weighted by molar-refractivity contribution is 5.90. The number of carbonyl (C=O) groups excluding carboxylic acids is 1. The lowest BCUT2D eigenvalue weighted by Gasteiger charge is -2.04. The molecule has 18 heavy (non-hydrogen) atoms. The van der Waals surface area contributed by atoms with E-state index in [1.54, 1.807) is 31.3 Å². The molecule has 92 valence electrons. The fourth-order valence-corrected chi connectivity index (χ4v) is 1.59. The van der Waals surface area contributed by atoms with E-state index in [4.69, 9.17) is 10.5 Å². The molecular weight excluding hydrogens is 228 g/mol. The van der Waals surface area contributed by atoms with E-state index >= 15 is 0 Å². The summed E-state index contributed by atoms with van der Waals surface area (Å²) >= 11 is 0. The number of benzene rings is 1. The summed E-state index contributed by atoms with van der Waals surface area (Å²) in [5.74, 6) is 0.182. The Morgan fingerprint density at radius 2 is 1.83 bits per heavy atom. The van der Waals surface area contributed by atoms with Crippen LogP contribution in [0.2, 0.25) is 0 Å². The fourth-order valence-electron chi connectivity index (χ4n) is 1.59. The predicted octanol–water partition coefficient (Wildman–Crippen LogP) is 2.51. The topological polar surface area (TPSA) is 65.2 Å². The Morgan fingerprint density at radius 3 is 2.39 bits per heavy atom. The normalized spacial score (nSPS) is 10.1. The van der Waals surface area contributed by atoms with Crippen LogP contribution < -0.4 is 5.73 Å². The number of nitrogens with two attached hydrogens (primary N) is 1. The lowest BCUT2D eigenvalue weighted by molar-refractivity contribution is 0.0526. The highest BCUT2D eigenvalue weighted by atomic mass is 16.5. The summed E-state index contributed by atoms with van der Waals surface area (Å²) in [6, 6.07) is 10.8. The number of ether oxygens (including phenoxy) is 1. The molecule has 4 heteroatoms. The molecule has 0 unspecified atom stereocenters. The van der Waals surface area contributed by atoms with Crippen LogP contribution in [0.15, 0.2) is 42.6 Å². The Bertz CT molecular complexity index is 533. The van der Waals surface area contributed by atoms with Crippen LogP contribution in [0.4, 0.5) is 5.82 Å². The Kier molecular flexibility index (Phi) is 3.57. The fraction of sp³-hybridized carbons (Fsp3) is 0.143. The summed E-state index contributed by atoms with van der Waals surface area (Å²) in [4.78, 5) is 15.5. The summed E-state index contributed by atoms with van der Waals surface area (Å²) in [5, 5.41) is 0. The molecule has 1 aromatic heterocycles. The van der Waals surface area contributed by atoms with Crippen molar-refractivity contribution in [1.29, 1.82) is 0 Å². The third kappa shape index (κ3) is 2.66. The summed E-state index contributed by atoms with van der Waals surface area (Å²) < 4.78 is 4.92. The van der Waals surface area contributed by atoms with E-state index in [2.05, 4.69) is 4.98 Å². The Hall–Kier alpha value is -2.36. The van der Waals surface area contributed by atoms with Gasteiger partial charge in [0.05, 0.1) is 12.2 Å². The molecule has 1 heterocycles. The van der Waals surface area contributed by atoms with Gasteiger partial charge in [-0.2, -0.15) is 0 Å². The van der Waals surface area contributed by atoms with Crippen molar-refractivity contribution in [3.63, 3.8) is 0 Å². The molecule has 0 aliphatic rings. The maximum absolute atomic E-state index is 11.5. The van der Waals surface area contributed by atoms with Crippen LogP contribution in [0.1, 0.15) is 17.3 Å². The first-order valence-electron chi connectivity index (χ1n) is 5.70. The third-order valence-electron chi connectivity index (χ3n) is 2.52. The number of hydrogen-bond donors (Lipinski definition) is 1. The first-order chi connectivity index (χ1) is 8.70. The molecule has 0 spiro atoms. The molecule has 0 atom stereocenters. The largest absolute Gasteiger partial charge is 0.462 e. The average Bonchev–Trinajstić information content (AvgIpc) is 2.40. The maximum atomic E-state index is 11.5. The van der Waals surface area contributed by atoms with E-state index in [-0.39, 0.29) is 5.97 Å². The molecule has 2 rings (SSSR count). The van der Waals surface area contributed by atoms with Crippen LogP contribution in [0.25, 0.3) is 11.1 Å². The van der Waals surface area contributed by atoms with E-state index in [9.17, 15) is 4.79 Å². The number of hydrogen-bond acceptors (Lipinski definition) is 4. The van der Waals surface area contributed by atoms with Crippen molar-refractivity contribution in [1.82, 2.24) is 4.98 Å². The molecular formula is C14H14N2O2. The standard InChI is InChI=1S/C14H14N2O2/c1-2-18-14(17)11-5-3-10(4-6-11)12-7-8-13(15)16-9-12/h3-9H,2H2,1H3,(H2,15,16). The predicted molar refractivity (Wildman–Crippen MR) is 70.0 cm³/mol. The molecule has 2 aromatic rings. The first kappa shape index (κ1) is 12.1. The number of nitrogens with zero attached hydrogens (tertiary/aromatic N) is 1. The number of nitrogen functional groups attached to an aromatic ring is 1. The van der Waals surface area contributed by atoms with Gasteiger partial charge < -0.3 is 10.5 Å². The minimum atomic E-state index is -0.306. The van der Waals surface area contributed by atoms with Gasteiger partial charge in [-0.3, -0.25) is 0 Å². The van der Waals surface area contributed by atoms with Gasteiger partial charge in [0.15, 0.2) is 0 Å². The molecule has 0 bridgehead atoms. The number of anilines is 1. The van der Waals surface area contributed by atoms with Crippen molar-refractivity contribution in [2.45, 2.75) is 6.92 Å². The van der Waals surface area contributed by atoms with Crippen molar-refractivity contribution >= 4 is 11.8 Å². The van der Waals surface area contributed by atoms with E-state index < -0.39 is 0 Å². The lowest BCUT2D eigenvalue weighted by atomic mass is 10.1. The second-order valence-electron chi connectivity index (χ2n) is 3.77. The minimum Gasteiger partial charge on any atom is -0.462 e. The molecule has 4 nitrogen and oxygen atoms in total. The highest BCUT2D eigenvalue weighted by Crippen LogP contribution is 2.19. The summed E-state index contributed by atoms with van der Waals surface area (Å²) in [6.07, 6.45) is 1.70. The monoisotopic (exact) mass is 242 g/mol. The van der Waals surface area contributed by atoms with E-state index in [1.807, 2.05) is 18.2 Å². The molecule has 0 saturated carbocycles.